The second-order valence-corrected chi connectivity index (χ2v) is 1.63. The number of hydrogen-bond donors (Lipinski definition) is 1. The molecule has 0 atom stereocenters. The highest BCUT2D eigenvalue weighted by Gasteiger charge is 1.96. The fourth-order valence-corrected chi connectivity index (χ4v) is 0.467. The Morgan fingerprint density at radius 1 is 1.42 bits per heavy atom. The van der Waals surface area contributed by atoms with E-state index in [1.54, 1.807) is 6.07 Å². The molecule has 0 aliphatic carbocycles. The summed E-state index contributed by atoms with van der Waals surface area (Å²) in [4.78, 5) is 17.6. The third-order valence-corrected chi connectivity index (χ3v) is 0.777. The van der Waals surface area contributed by atoms with Gasteiger partial charge in [-0.05, 0) is 13.1 Å². The van der Waals surface area contributed by atoms with E-state index in [0.29, 0.717) is 0 Å². The normalized spacial score (nSPS) is 7.92. The zero-order chi connectivity index (χ0) is 9.40. The lowest BCUT2D eigenvalue weighted by Gasteiger charge is -1.94. The lowest BCUT2D eigenvalue weighted by atomic mass is 10.7. The second kappa shape index (κ2) is 6.23. The Labute approximate surface area is 70.6 Å². The number of carbonyl (C=O) groups excluding carboxylic acids is 1. The van der Waals surface area contributed by atoms with E-state index < -0.39 is 5.97 Å². The SMILES string of the molecule is CC(=O)Oc1ncccn1.CN. The summed E-state index contributed by atoms with van der Waals surface area (Å²) in [5.41, 5.74) is 4.50. The lowest BCUT2D eigenvalue weighted by Crippen LogP contribution is -2.03. The van der Waals surface area contributed by atoms with E-state index in [1.807, 2.05) is 0 Å². The largest absolute Gasteiger partial charge is 0.391 e. The summed E-state index contributed by atoms with van der Waals surface area (Å²) in [6.45, 7) is 1.30. The average Bonchev–Trinajstić information content (AvgIpc) is 2.08. The van der Waals surface area contributed by atoms with Crippen LogP contribution in [-0.2, 0) is 4.79 Å². The number of ether oxygens (including phenoxy) is 1. The smallest absolute Gasteiger partial charge is 0.324 e. The predicted molar refractivity (Wildman–Crippen MR) is 43.5 cm³/mol. The van der Waals surface area contributed by atoms with Crippen molar-refractivity contribution in [3.8, 4) is 6.01 Å². The number of rotatable bonds is 1. The molecule has 1 aromatic rings. The van der Waals surface area contributed by atoms with Gasteiger partial charge in [0.1, 0.15) is 0 Å². The number of aromatic nitrogens is 2. The summed E-state index contributed by atoms with van der Waals surface area (Å²) in [6, 6.07) is 1.74. The van der Waals surface area contributed by atoms with Gasteiger partial charge in [0.2, 0.25) is 0 Å². The summed E-state index contributed by atoms with van der Waals surface area (Å²) >= 11 is 0. The molecule has 1 rings (SSSR count). The zero-order valence-corrected chi connectivity index (χ0v) is 7.02. The third-order valence-electron chi connectivity index (χ3n) is 0.777. The van der Waals surface area contributed by atoms with E-state index in [1.165, 1.54) is 26.4 Å². The van der Waals surface area contributed by atoms with Crippen LogP contribution >= 0.6 is 0 Å². The maximum atomic E-state index is 10.3. The van der Waals surface area contributed by atoms with Crippen LogP contribution < -0.4 is 10.5 Å². The molecule has 5 heteroatoms. The van der Waals surface area contributed by atoms with Gasteiger partial charge in [-0.2, -0.15) is 0 Å². The van der Waals surface area contributed by atoms with Gasteiger partial charge in [0, 0.05) is 19.3 Å². The Morgan fingerprint density at radius 2 is 1.92 bits per heavy atom. The molecule has 0 fully saturated rings. The minimum Gasteiger partial charge on any atom is -0.391 e. The maximum Gasteiger partial charge on any atom is 0.324 e. The van der Waals surface area contributed by atoms with Crippen LogP contribution in [0, 0.1) is 0 Å². The molecule has 12 heavy (non-hydrogen) atoms. The summed E-state index contributed by atoms with van der Waals surface area (Å²) in [5.74, 6) is -0.411. The van der Waals surface area contributed by atoms with Crippen molar-refractivity contribution in [2.75, 3.05) is 7.05 Å². The number of nitrogens with two attached hydrogens (primary N) is 1. The van der Waals surface area contributed by atoms with Crippen LogP contribution in [0.25, 0.3) is 0 Å². The van der Waals surface area contributed by atoms with Crippen molar-refractivity contribution in [2.24, 2.45) is 5.73 Å². The van der Waals surface area contributed by atoms with Crippen molar-refractivity contribution in [1.29, 1.82) is 0 Å². The molecule has 5 nitrogen and oxygen atoms in total. The molecule has 0 saturated heterocycles. The van der Waals surface area contributed by atoms with Crippen molar-refractivity contribution < 1.29 is 9.53 Å². The van der Waals surface area contributed by atoms with Gasteiger partial charge in [-0.3, -0.25) is 4.79 Å². The highest BCUT2D eigenvalue weighted by Crippen LogP contribution is 1.96. The Morgan fingerprint density at radius 3 is 2.33 bits per heavy atom. The molecule has 2 N–H and O–H groups in total. The van der Waals surface area contributed by atoms with Gasteiger partial charge in [-0.1, -0.05) is 0 Å². The van der Waals surface area contributed by atoms with Gasteiger partial charge < -0.3 is 10.5 Å². The molecular weight excluding hydrogens is 158 g/mol. The maximum absolute atomic E-state index is 10.3. The summed E-state index contributed by atoms with van der Waals surface area (Å²) in [5, 5.41) is 0. The molecule has 0 radical (unpaired) electrons. The molecule has 0 bridgehead atoms. The fourth-order valence-electron chi connectivity index (χ4n) is 0.467. The van der Waals surface area contributed by atoms with Crippen LogP contribution in [0.5, 0.6) is 6.01 Å². The van der Waals surface area contributed by atoms with Crippen LogP contribution in [0.1, 0.15) is 6.92 Å². The fraction of sp³-hybridized carbons (Fsp3) is 0.286. The molecule has 66 valence electrons. The monoisotopic (exact) mass is 169 g/mol. The van der Waals surface area contributed by atoms with E-state index in [2.05, 4.69) is 20.4 Å². The number of carbonyl (C=O) groups is 1. The topological polar surface area (TPSA) is 78.1 Å². The predicted octanol–water partition coefficient (Wildman–Crippen LogP) is -0.0232. The molecule has 0 unspecified atom stereocenters. The number of hydrogen-bond acceptors (Lipinski definition) is 5. The highest BCUT2D eigenvalue weighted by atomic mass is 16.5. The minimum atomic E-state index is -0.411. The summed E-state index contributed by atoms with van der Waals surface area (Å²) < 4.78 is 4.55. The molecule has 0 amide bonds. The minimum absolute atomic E-state index is 0.0926. The molecular formula is C7H11N3O2. The van der Waals surface area contributed by atoms with Crippen molar-refractivity contribution in [3.05, 3.63) is 18.5 Å². The number of esters is 1. The molecule has 0 spiro atoms. The Bertz CT molecular complexity index is 225. The summed E-state index contributed by atoms with van der Waals surface area (Å²) in [6.07, 6.45) is 3.01. The van der Waals surface area contributed by atoms with Gasteiger partial charge in [0.25, 0.3) is 0 Å². The van der Waals surface area contributed by atoms with E-state index in [4.69, 9.17) is 0 Å². The van der Waals surface area contributed by atoms with Crippen molar-refractivity contribution in [2.45, 2.75) is 6.92 Å². The van der Waals surface area contributed by atoms with Gasteiger partial charge >= 0.3 is 12.0 Å². The molecule has 1 heterocycles. The first-order chi connectivity index (χ1) is 5.79. The second-order valence-electron chi connectivity index (χ2n) is 1.63. The first-order valence-electron chi connectivity index (χ1n) is 3.32. The Balaban J connectivity index is 0.000000561. The Hall–Kier alpha value is -1.49. The van der Waals surface area contributed by atoms with Gasteiger partial charge in [0.05, 0.1) is 0 Å². The Kier molecular flexibility index (Phi) is 5.46. The van der Waals surface area contributed by atoms with Crippen LogP contribution in [0.3, 0.4) is 0 Å². The highest BCUT2D eigenvalue weighted by molar-refractivity contribution is 5.68. The van der Waals surface area contributed by atoms with E-state index in [9.17, 15) is 4.79 Å². The van der Waals surface area contributed by atoms with Crippen LogP contribution in [-0.4, -0.2) is 23.0 Å². The van der Waals surface area contributed by atoms with E-state index >= 15 is 0 Å². The van der Waals surface area contributed by atoms with Crippen molar-refractivity contribution >= 4 is 5.97 Å². The van der Waals surface area contributed by atoms with E-state index in [-0.39, 0.29) is 6.01 Å². The molecule has 0 saturated carbocycles. The quantitative estimate of drug-likeness (QED) is 0.597. The van der Waals surface area contributed by atoms with Crippen molar-refractivity contribution in [3.63, 3.8) is 0 Å². The van der Waals surface area contributed by atoms with Crippen LogP contribution in [0.15, 0.2) is 18.5 Å². The standard InChI is InChI=1S/C6H6N2O2.CH5N/c1-5(9)10-6-7-3-2-4-8-6;1-2/h2-4H,1H3;2H2,1H3. The van der Waals surface area contributed by atoms with Crippen LogP contribution in [0.2, 0.25) is 0 Å². The van der Waals surface area contributed by atoms with Gasteiger partial charge in [-0.25, -0.2) is 9.97 Å². The summed E-state index contributed by atoms with van der Waals surface area (Å²) in [7, 11) is 1.50. The van der Waals surface area contributed by atoms with Gasteiger partial charge in [-0.15, -0.1) is 0 Å². The van der Waals surface area contributed by atoms with Gasteiger partial charge in [0.15, 0.2) is 0 Å². The van der Waals surface area contributed by atoms with Crippen molar-refractivity contribution in [1.82, 2.24) is 9.97 Å². The zero-order valence-electron chi connectivity index (χ0n) is 7.02. The van der Waals surface area contributed by atoms with E-state index in [0.717, 1.165) is 0 Å². The average molecular weight is 169 g/mol. The molecule has 0 aromatic carbocycles. The third kappa shape index (κ3) is 4.35. The first-order valence-corrected chi connectivity index (χ1v) is 3.32. The number of nitrogens with zero attached hydrogens (tertiary/aromatic N) is 2. The molecule has 0 aliphatic rings. The molecule has 0 aliphatic heterocycles. The van der Waals surface area contributed by atoms with Crippen LogP contribution in [0.4, 0.5) is 0 Å². The lowest BCUT2D eigenvalue weighted by molar-refractivity contribution is -0.132. The molecule has 1 aromatic heterocycles. The first kappa shape index (κ1) is 10.5.